The van der Waals surface area contributed by atoms with Gasteiger partial charge in [0.05, 0.1) is 10.2 Å². The smallest absolute Gasteiger partial charge is 0.189 e. The first-order valence-corrected chi connectivity index (χ1v) is 7.83. The lowest BCUT2D eigenvalue weighted by molar-refractivity contribution is -0.120. The molecule has 0 saturated carbocycles. The van der Waals surface area contributed by atoms with Crippen LogP contribution in [-0.4, -0.2) is 32.2 Å². The van der Waals surface area contributed by atoms with Gasteiger partial charge in [-0.2, -0.15) is 0 Å². The van der Waals surface area contributed by atoms with Gasteiger partial charge in [0.25, 0.3) is 0 Å². The number of thiazole rings is 1. The molecule has 1 atom stereocenters. The Kier molecular flexibility index (Phi) is 3.25. The minimum atomic E-state index is -1.05. The van der Waals surface area contributed by atoms with Crippen molar-refractivity contribution >= 4 is 44.1 Å². The molecule has 1 aromatic carbocycles. The van der Waals surface area contributed by atoms with Gasteiger partial charge in [-0.1, -0.05) is 0 Å². The van der Waals surface area contributed by atoms with Gasteiger partial charge in [-0.05, 0) is 13.8 Å². The second-order valence-corrected chi connectivity index (χ2v) is 6.89. The highest BCUT2D eigenvalue weighted by molar-refractivity contribution is 8.15. The predicted octanol–water partition coefficient (Wildman–Crippen LogP) is 3.12. The van der Waals surface area contributed by atoms with Gasteiger partial charge in [0, 0.05) is 11.8 Å². The van der Waals surface area contributed by atoms with Crippen LogP contribution >= 0.6 is 23.1 Å². The average molecular weight is 328 g/mol. The summed E-state index contributed by atoms with van der Waals surface area (Å²) in [6.07, 6.45) is 0. The number of phenolic OH excluding ortho intramolecular Hbond substituents is 1. The van der Waals surface area contributed by atoms with Crippen molar-refractivity contribution in [1.82, 2.24) is 4.98 Å². The number of aromatic nitrogens is 1. The summed E-state index contributed by atoms with van der Waals surface area (Å²) >= 11 is 2.34. The van der Waals surface area contributed by atoms with Crippen molar-refractivity contribution in [2.75, 3.05) is 5.75 Å². The van der Waals surface area contributed by atoms with E-state index in [2.05, 4.69) is 9.98 Å². The fraction of sp³-hybridized carbons (Fsp3) is 0.308. The second kappa shape index (κ2) is 4.74. The monoisotopic (exact) mass is 328 g/mol. The molecule has 0 spiro atoms. The molecule has 0 saturated heterocycles. The van der Waals surface area contributed by atoms with Crippen LogP contribution in [0.2, 0.25) is 0 Å². The lowest BCUT2D eigenvalue weighted by atomic mass is 10.0. The summed E-state index contributed by atoms with van der Waals surface area (Å²) in [6.45, 7) is 3.20. The summed E-state index contributed by atoms with van der Waals surface area (Å²) in [4.78, 5) is 20.1. The Labute approximate surface area is 126 Å². The van der Waals surface area contributed by atoms with Crippen molar-refractivity contribution < 1.29 is 18.7 Å². The Balaban J connectivity index is 2.11. The van der Waals surface area contributed by atoms with Crippen LogP contribution < -0.4 is 0 Å². The van der Waals surface area contributed by atoms with Gasteiger partial charge in [0.2, 0.25) is 0 Å². The van der Waals surface area contributed by atoms with E-state index in [-0.39, 0.29) is 16.0 Å². The van der Waals surface area contributed by atoms with E-state index < -0.39 is 22.9 Å². The minimum absolute atomic E-state index is 0.0546. The Bertz CT molecular complexity index is 803. The van der Waals surface area contributed by atoms with E-state index in [1.54, 1.807) is 6.92 Å². The van der Waals surface area contributed by atoms with Crippen LogP contribution in [0, 0.1) is 11.6 Å². The number of halogens is 2. The number of aromatic hydroxyl groups is 1. The van der Waals surface area contributed by atoms with Gasteiger partial charge in [-0.3, -0.25) is 9.79 Å². The molecule has 1 N–H and O–H groups in total. The van der Waals surface area contributed by atoms with Gasteiger partial charge in [0.1, 0.15) is 15.6 Å². The number of nitrogens with zero attached hydrogens (tertiary/aromatic N) is 2. The molecule has 0 aliphatic carbocycles. The van der Waals surface area contributed by atoms with E-state index in [4.69, 9.17) is 0 Å². The summed E-state index contributed by atoms with van der Waals surface area (Å²) in [5, 5.41) is 10.2. The number of thioether (sulfide) groups is 1. The number of Topliss-reactive ketones (excluding diaryl/α,β-unsaturated/α-hetero) is 1. The van der Waals surface area contributed by atoms with Crippen LogP contribution in [0.1, 0.15) is 18.9 Å². The standard InChI is InChI=1S/C13H10F2N2O2S2/c1-5(18)13(2)4-20-12(17-13)11-16-7-3-6(14)9(19)8(15)10(7)21-11/h3,19H,4H2,1-2H3. The maximum atomic E-state index is 13.8. The van der Waals surface area contributed by atoms with Crippen LogP contribution in [0.25, 0.3) is 10.2 Å². The van der Waals surface area contributed by atoms with E-state index in [9.17, 15) is 18.7 Å². The molecule has 1 aromatic heterocycles. The number of carbonyl (C=O) groups is 1. The van der Waals surface area contributed by atoms with Crippen molar-refractivity contribution in [3.8, 4) is 5.75 Å². The summed E-state index contributed by atoms with van der Waals surface area (Å²) in [5.74, 6) is -2.64. The second-order valence-electron chi connectivity index (χ2n) is 4.92. The van der Waals surface area contributed by atoms with Crippen molar-refractivity contribution in [3.05, 3.63) is 22.7 Å². The van der Waals surface area contributed by atoms with Crippen LogP contribution in [0.4, 0.5) is 8.78 Å². The first kappa shape index (κ1) is 14.4. The first-order chi connectivity index (χ1) is 9.82. The number of aliphatic imine (C=N–C) groups is 1. The topological polar surface area (TPSA) is 62.5 Å². The number of hydrogen-bond donors (Lipinski definition) is 1. The van der Waals surface area contributed by atoms with Crippen LogP contribution in [0.15, 0.2) is 11.1 Å². The fourth-order valence-electron chi connectivity index (χ4n) is 1.87. The number of phenols is 1. The number of fused-ring (bicyclic) bond motifs is 1. The SMILES string of the molecule is CC(=O)C1(C)CSC(c2nc3cc(F)c(O)c(F)c3s2)=N1. The zero-order valence-corrected chi connectivity index (χ0v) is 12.7. The molecule has 4 nitrogen and oxygen atoms in total. The molecule has 0 amide bonds. The molecule has 3 rings (SSSR count). The van der Waals surface area contributed by atoms with Gasteiger partial charge in [-0.15, -0.1) is 23.1 Å². The summed E-state index contributed by atoms with van der Waals surface area (Å²) in [7, 11) is 0. The number of hydrogen-bond acceptors (Lipinski definition) is 6. The highest BCUT2D eigenvalue weighted by Crippen LogP contribution is 2.37. The summed E-state index contributed by atoms with van der Waals surface area (Å²) in [6, 6.07) is 0.984. The molecule has 0 radical (unpaired) electrons. The zero-order chi connectivity index (χ0) is 15.4. The molecule has 110 valence electrons. The van der Waals surface area contributed by atoms with Crippen molar-refractivity contribution in [2.24, 2.45) is 4.99 Å². The first-order valence-electron chi connectivity index (χ1n) is 6.03. The molecule has 1 aliphatic heterocycles. The van der Waals surface area contributed by atoms with Gasteiger partial charge >= 0.3 is 0 Å². The fourth-order valence-corrected chi connectivity index (χ4v) is 4.15. The Morgan fingerprint density at radius 2 is 2.19 bits per heavy atom. The Hall–Kier alpha value is -1.54. The molecule has 0 bridgehead atoms. The molecule has 21 heavy (non-hydrogen) atoms. The van der Waals surface area contributed by atoms with E-state index in [1.807, 2.05) is 0 Å². The van der Waals surface area contributed by atoms with Crippen LogP contribution in [-0.2, 0) is 4.79 Å². The van der Waals surface area contributed by atoms with Crippen molar-refractivity contribution in [3.63, 3.8) is 0 Å². The number of rotatable bonds is 2. The lowest BCUT2D eigenvalue weighted by Crippen LogP contribution is -2.31. The molecular formula is C13H10F2N2O2S2. The zero-order valence-electron chi connectivity index (χ0n) is 11.1. The largest absolute Gasteiger partial charge is 0.503 e. The van der Waals surface area contributed by atoms with Crippen LogP contribution in [0.3, 0.4) is 0 Å². The van der Waals surface area contributed by atoms with Gasteiger partial charge < -0.3 is 5.11 Å². The number of carbonyl (C=O) groups excluding carboxylic acids is 1. The number of benzene rings is 1. The average Bonchev–Trinajstić information content (AvgIpc) is 3.01. The third-order valence-electron chi connectivity index (χ3n) is 3.33. The van der Waals surface area contributed by atoms with Gasteiger partial charge in [-0.25, -0.2) is 13.8 Å². The molecule has 0 fully saturated rings. The molecule has 8 heteroatoms. The Morgan fingerprint density at radius 3 is 2.81 bits per heavy atom. The van der Waals surface area contributed by atoms with Crippen LogP contribution in [0.5, 0.6) is 5.75 Å². The number of ketones is 1. The highest BCUT2D eigenvalue weighted by atomic mass is 32.2. The molecule has 1 aliphatic rings. The maximum Gasteiger partial charge on any atom is 0.189 e. The normalized spacial score (nSPS) is 21.8. The molecule has 2 aromatic rings. The van der Waals surface area contributed by atoms with Crippen molar-refractivity contribution in [2.45, 2.75) is 19.4 Å². The minimum Gasteiger partial charge on any atom is -0.503 e. The van der Waals surface area contributed by atoms with Gasteiger partial charge in [0.15, 0.2) is 23.2 Å². The lowest BCUT2D eigenvalue weighted by Gasteiger charge is -2.13. The quantitative estimate of drug-likeness (QED) is 0.920. The molecular weight excluding hydrogens is 318 g/mol. The summed E-state index contributed by atoms with van der Waals surface area (Å²) < 4.78 is 27.2. The maximum absolute atomic E-state index is 13.8. The van der Waals surface area contributed by atoms with E-state index in [1.165, 1.54) is 18.7 Å². The Morgan fingerprint density at radius 1 is 1.48 bits per heavy atom. The third-order valence-corrected chi connectivity index (χ3v) is 5.79. The van der Waals surface area contributed by atoms with E-state index >= 15 is 0 Å². The molecule has 1 unspecified atom stereocenters. The predicted molar refractivity (Wildman–Crippen MR) is 79.3 cm³/mol. The van der Waals surface area contributed by atoms with E-state index in [0.717, 1.165) is 17.4 Å². The summed E-state index contributed by atoms with van der Waals surface area (Å²) in [5.41, 5.74) is -0.674. The third kappa shape index (κ3) is 2.22. The highest BCUT2D eigenvalue weighted by Gasteiger charge is 2.36. The van der Waals surface area contributed by atoms with Crippen molar-refractivity contribution in [1.29, 1.82) is 0 Å². The van der Waals surface area contributed by atoms with E-state index in [0.29, 0.717) is 15.8 Å². The molecule has 2 heterocycles.